The molecule has 2 aromatic heterocycles. The monoisotopic (exact) mass is 243 g/mol. The van der Waals surface area contributed by atoms with E-state index < -0.39 is 0 Å². The zero-order valence-electron chi connectivity index (χ0n) is 11.1. The average Bonchev–Trinajstić information content (AvgIpc) is 2.61. The molecule has 0 unspecified atom stereocenters. The Kier molecular flexibility index (Phi) is 3.19. The van der Waals surface area contributed by atoms with Gasteiger partial charge < -0.3 is 4.90 Å². The molecule has 0 radical (unpaired) electrons. The van der Waals surface area contributed by atoms with Gasteiger partial charge in [0.25, 0.3) is 0 Å². The van der Waals surface area contributed by atoms with Crippen LogP contribution in [0.5, 0.6) is 0 Å². The third-order valence-corrected chi connectivity index (χ3v) is 2.71. The van der Waals surface area contributed by atoms with Gasteiger partial charge in [-0.2, -0.15) is 0 Å². The van der Waals surface area contributed by atoms with Crippen LogP contribution in [-0.2, 0) is 0 Å². The first-order valence-corrected chi connectivity index (χ1v) is 5.83. The number of rotatable bonds is 3. The Labute approximate surface area is 107 Å². The van der Waals surface area contributed by atoms with Gasteiger partial charge in [-0.05, 0) is 31.5 Å². The second kappa shape index (κ2) is 4.64. The van der Waals surface area contributed by atoms with Gasteiger partial charge in [-0.15, -0.1) is 0 Å². The number of aryl methyl sites for hydroxylation is 2. The summed E-state index contributed by atoms with van der Waals surface area (Å²) in [5.74, 6) is -0.0300. The molecule has 0 saturated heterocycles. The van der Waals surface area contributed by atoms with Crippen molar-refractivity contribution in [3.05, 3.63) is 47.6 Å². The van der Waals surface area contributed by atoms with E-state index in [1.807, 2.05) is 55.6 Å². The van der Waals surface area contributed by atoms with Gasteiger partial charge in [0.05, 0.1) is 5.69 Å². The average molecular weight is 243 g/mol. The number of hydrogen-bond acceptors (Lipinski definition) is 3. The number of carbonyl (C=O) groups is 1. The fourth-order valence-corrected chi connectivity index (χ4v) is 1.86. The third kappa shape index (κ3) is 2.27. The quantitative estimate of drug-likeness (QED) is 0.612. The first kappa shape index (κ1) is 12.4. The molecule has 0 aliphatic carbocycles. The van der Waals surface area contributed by atoms with E-state index in [0.717, 1.165) is 16.9 Å². The third-order valence-electron chi connectivity index (χ3n) is 2.71. The zero-order chi connectivity index (χ0) is 13.3. The predicted octanol–water partition coefficient (Wildman–Crippen LogP) is 2.21. The smallest absolute Gasteiger partial charge is 0.205 e. The van der Waals surface area contributed by atoms with Gasteiger partial charge in [0.2, 0.25) is 5.78 Å². The highest BCUT2D eigenvalue weighted by Gasteiger charge is 2.14. The Morgan fingerprint density at radius 2 is 2.11 bits per heavy atom. The molecule has 18 heavy (non-hydrogen) atoms. The van der Waals surface area contributed by atoms with Crippen molar-refractivity contribution in [3.63, 3.8) is 0 Å². The summed E-state index contributed by atoms with van der Waals surface area (Å²) in [5, 5.41) is 0. The van der Waals surface area contributed by atoms with Crippen molar-refractivity contribution in [2.75, 3.05) is 14.1 Å². The number of nitrogens with zero attached hydrogens (tertiary/aromatic N) is 3. The summed E-state index contributed by atoms with van der Waals surface area (Å²) in [7, 11) is 3.77. The van der Waals surface area contributed by atoms with Crippen LogP contribution in [0.4, 0.5) is 0 Å². The normalized spacial score (nSPS) is 11.3. The number of fused-ring (bicyclic) bond motifs is 1. The van der Waals surface area contributed by atoms with E-state index in [9.17, 15) is 4.79 Å². The van der Waals surface area contributed by atoms with Gasteiger partial charge in [0.15, 0.2) is 0 Å². The lowest BCUT2D eigenvalue weighted by atomic mass is 10.2. The van der Waals surface area contributed by atoms with Crippen molar-refractivity contribution in [3.8, 4) is 0 Å². The Morgan fingerprint density at radius 3 is 2.78 bits per heavy atom. The van der Waals surface area contributed by atoms with Crippen LogP contribution in [0.3, 0.4) is 0 Å². The predicted molar refractivity (Wildman–Crippen MR) is 71.8 cm³/mol. The number of carbonyl (C=O) groups excluding carboxylic acids is 1. The molecule has 0 amide bonds. The van der Waals surface area contributed by atoms with E-state index >= 15 is 0 Å². The SMILES string of the molecule is Cc1ccn2c(C(=O)/C=C/N(C)C)c(C)nc2c1. The second-order valence-corrected chi connectivity index (χ2v) is 4.62. The van der Waals surface area contributed by atoms with Crippen molar-refractivity contribution in [1.29, 1.82) is 0 Å². The Hall–Kier alpha value is -2.10. The summed E-state index contributed by atoms with van der Waals surface area (Å²) in [6.07, 6.45) is 5.20. The van der Waals surface area contributed by atoms with E-state index in [1.54, 1.807) is 12.3 Å². The molecule has 0 fully saturated rings. The van der Waals surface area contributed by atoms with Gasteiger partial charge in [-0.1, -0.05) is 0 Å². The molecule has 2 rings (SSSR count). The van der Waals surface area contributed by atoms with Crippen molar-refractivity contribution in [2.45, 2.75) is 13.8 Å². The van der Waals surface area contributed by atoms with Crippen molar-refractivity contribution < 1.29 is 4.79 Å². The number of imidazole rings is 1. The molecule has 4 heteroatoms. The highest BCUT2D eigenvalue weighted by Crippen LogP contribution is 2.14. The molecule has 0 saturated carbocycles. The molecule has 0 spiro atoms. The summed E-state index contributed by atoms with van der Waals surface area (Å²) in [6.45, 7) is 3.87. The second-order valence-electron chi connectivity index (χ2n) is 4.62. The van der Waals surface area contributed by atoms with Crippen LogP contribution in [0.15, 0.2) is 30.6 Å². The molecule has 0 aromatic carbocycles. The Morgan fingerprint density at radius 1 is 1.39 bits per heavy atom. The van der Waals surface area contributed by atoms with Gasteiger partial charge in [0, 0.05) is 32.6 Å². The van der Waals surface area contributed by atoms with Gasteiger partial charge in [-0.3, -0.25) is 9.20 Å². The van der Waals surface area contributed by atoms with Crippen LogP contribution < -0.4 is 0 Å². The molecule has 0 bridgehead atoms. The van der Waals surface area contributed by atoms with Crippen LogP contribution in [0.1, 0.15) is 21.7 Å². The van der Waals surface area contributed by atoms with Crippen LogP contribution in [-0.4, -0.2) is 34.2 Å². The summed E-state index contributed by atoms with van der Waals surface area (Å²) in [4.78, 5) is 18.4. The lowest BCUT2D eigenvalue weighted by Crippen LogP contribution is -2.06. The summed E-state index contributed by atoms with van der Waals surface area (Å²) in [6, 6.07) is 3.94. The molecule has 4 nitrogen and oxygen atoms in total. The van der Waals surface area contributed by atoms with Crippen molar-refractivity contribution >= 4 is 11.4 Å². The fraction of sp³-hybridized carbons (Fsp3) is 0.286. The van der Waals surface area contributed by atoms with Crippen molar-refractivity contribution in [1.82, 2.24) is 14.3 Å². The van der Waals surface area contributed by atoms with Crippen LogP contribution in [0, 0.1) is 13.8 Å². The molecular formula is C14H17N3O. The van der Waals surface area contributed by atoms with Crippen LogP contribution in [0.2, 0.25) is 0 Å². The van der Waals surface area contributed by atoms with Gasteiger partial charge in [-0.25, -0.2) is 4.98 Å². The maximum Gasteiger partial charge on any atom is 0.205 e. The molecular weight excluding hydrogens is 226 g/mol. The van der Waals surface area contributed by atoms with Crippen LogP contribution >= 0.6 is 0 Å². The highest BCUT2D eigenvalue weighted by atomic mass is 16.1. The minimum absolute atomic E-state index is 0.0300. The number of aromatic nitrogens is 2. The van der Waals surface area contributed by atoms with Crippen molar-refractivity contribution in [2.24, 2.45) is 0 Å². The lowest BCUT2D eigenvalue weighted by Gasteiger charge is -2.03. The lowest BCUT2D eigenvalue weighted by molar-refractivity contribution is 0.104. The van der Waals surface area contributed by atoms with E-state index in [4.69, 9.17) is 0 Å². The largest absolute Gasteiger partial charge is 0.383 e. The number of hydrogen-bond donors (Lipinski definition) is 0. The number of pyridine rings is 1. The highest BCUT2D eigenvalue weighted by molar-refractivity contribution is 6.04. The van der Waals surface area contributed by atoms with Crippen LogP contribution in [0.25, 0.3) is 5.65 Å². The van der Waals surface area contributed by atoms with Gasteiger partial charge in [0.1, 0.15) is 11.3 Å². The standard InChI is InChI=1S/C14H17N3O/c1-10-5-8-17-13(9-10)15-11(2)14(17)12(18)6-7-16(3)4/h5-9H,1-4H3/b7-6+. The molecule has 0 atom stereocenters. The summed E-state index contributed by atoms with van der Waals surface area (Å²) >= 11 is 0. The van der Waals surface area contributed by atoms with E-state index in [0.29, 0.717) is 5.69 Å². The summed E-state index contributed by atoms with van der Waals surface area (Å²) < 4.78 is 1.84. The Bertz CT molecular complexity index is 623. The zero-order valence-corrected chi connectivity index (χ0v) is 11.1. The topological polar surface area (TPSA) is 37.6 Å². The van der Waals surface area contributed by atoms with E-state index in [-0.39, 0.29) is 5.78 Å². The fourth-order valence-electron chi connectivity index (χ4n) is 1.86. The number of ketones is 1. The molecule has 0 aliphatic rings. The van der Waals surface area contributed by atoms with Gasteiger partial charge >= 0.3 is 0 Å². The number of allylic oxidation sites excluding steroid dienone is 1. The molecule has 2 aromatic rings. The first-order chi connectivity index (χ1) is 8.49. The Balaban J connectivity index is 2.50. The minimum atomic E-state index is -0.0300. The molecule has 2 heterocycles. The maximum absolute atomic E-state index is 12.2. The first-order valence-electron chi connectivity index (χ1n) is 5.83. The van der Waals surface area contributed by atoms with E-state index in [2.05, 4.69) is 4.98 Å². The molecule has 0 N–H and O–H groups in total. The minimum Gasteiger partial charge on any atom is -0.383 e. The maximum atomic E-state index is 12.2. The molecule has 0 aliphatic heterocycles. The summed E-state index contributed by atoms with van der Waals surface area (Å²) in [5.41, 5.74) is 3.33. The molecule has 94 valence electrons. The van der Waals surface area contributed by atoms with E-state index in [1.165, 1.54) is 0 Å².